The fraction of sp³-hybridized carbons (Fsp3) is 0.417. The van der Waals surface area contributed by atoms with E-state index in [0.29, 0.717) is 6.54 Å². The molecule has 0 radical (unpaired) electrons. The van der Waals surface area contributed by atoms with E-state index in [0.717, 1.165) is 29.9 Å². The number of aromatic nitrogens is 2. The number of halogens is 1. The van der Waals surface area contributed by atoms with Gasteiger partial charge in [0.15, 0.2) is 0 Å². The van der Waals surface area contributed by atoms with Crippen LogP contribution in [-0.4, -0.2) is 27.5 Å². The Morgan fingerprint density at radius 1 is 1.50 bits per heavy atom. The summed E-state index contributed by atoms with van der Waals surface area (Å²) in [6, 6.07) is 2.37. The van der Waals surface area contributed by atoms with Gasteiger partial charge in [-0.15, -0.1) is 11.3 Å². The molecule has 1 aliphatic heterocycles. The third-order valence-corrected chi connectivity index (χ3v) is 5.36. The molecule has 0 bridgehead atoms. The minimum atomic E-state index is 0.282. The summed E-state index contributed by atoms with van der Waals surface area (Å²) >= 11 is 5.37. The van der Waals surface area contributed by atoms with Crippen molar-refractivity contribution in [1.82, 2.24) is 14.5 Å². The molecule has 0 fully saturated rings. The minimum absolute atomic E-state index is 0.282. The Morgan fingerprint density at radius 2 is 2.39 bits per heavy atom. The molecule has 2 aromatic heterocycles. The summed E-state index contributed by atoms with van der Waals surface area (Å²) in [7, 11) is 0. The van der Waals surface area contributed by atoms with Gasteiger partial charge in [0.1, 0.15) is 5.82 Å². The van der Waals surface area contributed by atoms with Gasteiger partial charge in [0.2, 0.25) is 0 Å². The quantitative estimate of drug-likeness (QED) is 0.940. The van der Waals surface area contributed by atoms with Crippen LogP contribution in [0, 0.1) is 0 Å². The van der Waals surface area contributed by atoms with E-state index >= 15 is 0 Å². The lowest BCUT2D eigenvalue weighted by Gasteiger charge is -2.33. The van der Waals surface area contributed by atoms with E-state index in [1.165, 1.54) is 4.88 Å². The number of nitrogens with zero attached hydrogens (tertiary/aromatic N) is 3. The average Bonchev–Trinajstić information content (AvgIpc) is 2.99. The van der Waals surface area contributed by atoms with E-state index in [4.69, 9.17) is 5.73 Å². The van der Waals surface area contributed by atoms with Crippen molar-refractivity contribution < 1.29 is 0 Å². The van der Waals surface area contributed by atoms with E-state index in [1.807, 2.05) is 12.4 Å². The number of rotatable bonds is 3. The third-order valence-electron chi connectivity index (χ3n) is 3.39. The summed E-state index contributed by atoms with van der Waals surface area (Å²) < 4.78 is 3.38. The van der Waals surface area contributed by atoms with Crippen molar-refractivity contribution in [2.75, 3.05) is 13.1 Å². The van der Waals surface area contributed by atoms with Crippen molar-refractivity contribution in [3.63, 3.8) is 0 Å². The van der Waals surface area contributed by atoms with Crippen LogP contribution in [-0.2, 0) is 13.1 Å². The first-order valence-electron chi connectivity index (χ1n) is 5.96. The lowest BCUT2D eigenvalue weighted by atomic mass is 10.2. The summed E-state index contributed by atoms with van der Waals surface area (Å²) in [5, 5.41) is 2.10. The monoisotopic (exact) mass is 326 g/mol. The van der Waals surface area contributed by atoms with E-state index < -0.39 is 0 Å². The maximum Gasteiger partial charge on any atom is 0.122 e. The predicted molar refractivity (Wildman–Crippen MR) is 76.5 cm³/mol. The highest BCUT2D eigenvalue weighted by atomic mass is 79.9. The van der Waals surface area contributed by atoms with Crippen LogP contribution in [0.15, 0.2) is 28.3 Å². The van der Waals surface area contributed by atoms with Crippen molar-refractivity contribution in [3.05, 3.63) is 39.0 Å². The first-order chi connectivity index (χ1) is 8.79. The van der Waals surface area contributed by atoms with Gasteiger partial charge in [-0.3, -0.25) is 4.90 Å². The smallest absolute Gasteiger partial charge is 0.122 e. The fourth-order valence-electron chi connectivity index (χ4n) is 2.42. The summed E-state index contributed by atoms with van der Waals surface area (Å²) in [6.45, 7) is 3.53. The molecule has 18 heavy (non-hydrogen) atoms. The van der Waals surface area contributed by atoms with Gasteiger partial charge in [-0.2, -0.15) is 0 Å². The Morgan fingerprint density at radius 3 is 3.11 bits per heavy atom. The summed E-state index contributed by atoms with van der Waals surface area (Å²) in [6.07, 6.45) is 3.92. The van der Waals surface area contributed by atoms with Crippen molar-refractivity contribution in [2.24, 2.45) is 5.73 Å². The molecule has 0 saturated carbocycles. The van der Waals surface area contributed by atoms with Gasteiger partial charge < -0.3 is 10.3 Å². The van der Waals surface area contributed by atoms with Crippen LogP contribution >= 0.6 is 27.3 Å². The predicted octanol–water partition coefficient (Wildman–Crippen LogP) is 2.22. The molecule has 1 aliphatic rings. The van der Waals surface area contributed by atoms with Gasteiger partial charge in [0.25, 0.3) is 0 Å². The Balaban J connectivity index is 1.84. The van der Waals surface area contributed by atoms with Crippen LogP contribution in [0.4, 0.5) is 0 Å². The molecule has 0 spiro atoms. The maximum atomic E-state index is 5.98. The summed E-state index contributed by atoms with van der Waals surface area (Å²) in [5.74, 6) is 1.13. The van der Waals surface area contributed by atoms with Crippen LogP contribution in [0.25, 0.3) is 0 Å². The molecule has 1 unspecified atom stereocenters. The molecule has 3 heterocycles. The summed E-state index contributed by atoms with van der Waals surface area (Å²) in [5.41, 5.74) is 5.98. The maximum absolute atomic E-state index is 5.98. The SMILES string of the molecule is NCC(c1sccc1Br)N1CCn2ccnc2C1. The van der Waals surface area contributed by atoms with Crippen molar-refractivity contribution in [1.29, 1.82) is 0 Å². The molecule has 0 aliphatic carbocycles. The van der Waals surface area contributed by atoms with Crippen LogP contribution < -0.4 is 5.73 Å². The van der Waals surface area contributed by atoms with Gasteiger partial charge in [-0.1, -0.05) is 0 Å². The molecule has 2 N–H and O–H groups in total. The number of thiophene rings is 1. The number of nitrogens with two attached hydrogens (primary N) is 1. The Kier molecular flexibility index (Phi) is 3.52. The summed E-state index contributed by atoms with van der Waals surface area (Å²) in [4.78, 5) is 8.13. The normalized spacial score (nSPS) is 17.7. The van der Waals surface area contributed by atoms with Crippen LogP contribution in [0.5, 0.6) is 0 Å². The second kappa shape index (κ2) is 5.13. The highest BCUT2D eigenvalue weighted by molar-refractivity contribution is 9.10. The van der Waals surface area contributed by atoms with Crippen molar-refractivity contribution in [2.45, 2.75) is 19.1 Å². The van der Waals surface area contributed by atoms with Gasteiger partial charge in [-0.05, 0) is 27.4 Å². The first-order valence-corrected chi connectivity index (χ1v) is 7.64. The van der Waals surface area contributed by atoms with Crippen molar-refractivity contribution in [3.8, 4) is 0 Å². The molecule has 1 atom stereocenters. The van der Waals surface area contributed by atoms with E-state index in [-0.39, 0.29) is 6.04 Å². The van der Waals surface area contributed by atoms with Crippen molar-refractivity contribution >= 4 is 27.3 Å². The van der Waals surface area contributed by atoms with Gasteiger partial charge in [0.05, 0.1) is 12.6 Å². The molecular formula is C12H15BrN4S. The second-order valence-corrected chi connectivity index (χ2v) is 6.19. The number of imidazole rings is 1. The van der Waals surface area contributed by atoms with Gasteiger partial charge in [-0.25, -0.2) is 4.98 Å². The molecule has 3 rings (SSSR count). The zero-order valence-corrected chi connectivity index (χ0v) is 12.3. The molecule has 4 nitrogen and oxygen atoms in total. The third kappa shape index (κ3) is 2.14. The van der Waals surface area contributed by atoms with Gasteiger partial charge in [0, 0.05) is 41.4 Å². The Bertz CT molecular complexity index is 536. The van der Waals surface area contributed by atoms with E-state index in [1.54, 1.807) is 11.3 Å². The molecular weight excluding hydrogens is 312 g/mol. The molecule has 0 aromatic carbocycles. The van der Waals surface area contributed by atoms with Crippen LogP contribution in [0.1, 0.15) is 16.7 Å². The highest BCUT2D eigenvalue weighted by Gasteiger charge is 2.26. The van der Waals surface area contributed by atoms with Crippen LogP contribution in [0.2, 0.25) is 0 Å². The highest BCUT2D eigenvalue weighted by Crippen LogP contribution is 2.33. The van der Waals surface area contributed by atoms with Crippen LogP contribution in [0.3, 0.4) is 0 Å². The zero-order valence-electron chi connectivity index (χ0n) is 9.92. The number of hydrogen-bond acceptors (Lipinski definition) is 4. The first kappa shape index (κ1) is 12.3. The molecule has 0 amide bonds. The Labute approximate surface area is 119 Å². The molecule has 0 saturated heterocycles. The lowest BCUT2D eigenvalue weighted by molar-refractivity contribution is 0.158. The molecule has 96 valence electrons. The number of hydrogen-bond donors (Lipinski definition) is 1. The molecule has 6 heteroatoms. The topological polar surface area (TPSA) is 47.1 Å². The second-order valence-electron chi connectivity index (χ2n) is 4.39. The lowest BCUT2D eigenvalue weighted by Crippen LogP contribution is -2.39. The standard InChI is InChI=1S/C12H15BrN4S/c13-9-1-6-18-12(9)10(7-14)17-5-4-16-3-2-15-11(16)8-17/h1-3,6,10H,4-5,7-8,14H2. The minimum Gasteiger partial charge on any atom is -0.333 e. The largest absolute Gasteiger partial charge is 0.333 e. The van der Waals surface area contributed by atoms with Gasteiger partial charge >= 0.3 is 0 Å². The Hall–Kier alpha value is -0.690. The fourth-order valence-corrected chi connectivity index (χ4v) is 4.21. The molecule has 2 aromatic rings. The number of fused-ring (bicyclic) bond motifs is 1. The average molecular weight is 327 g/mol. The van der Waals surface area contributed by atoms with E-state index in [2.05, 4.69) is 41.8 Å². The zero-order chi connectivity index (χ0) is 12.5. The van der Waals surface area contributed by atoms with E-state index in [9.17, 15) is 0 Å².